The SMILES string of the molecule is C=C(c1ccccc1F)[P+](=O)O. The summed E-state index contributed by atoms with van der Waals surface area (Å²) in [5.41, 5.74) is 0.0983. The molecule has 0 spiro atoms. The Balaban J connectivity index is 3.11. The van der Waals surface area contributed by atoms with Crippen LogP contribution in [0, 0.1) is 5.82 Å². The Hall–Kier alpha value is -1.05. The summed E-state index contributed by atoms with van der Waals surface area (Å²) >= 11 is 0. The lowest BCUT2D eigenvalue weighted by Gasteiger charge is -1.93. The molecule has 0 aliphatic carbocycles. The molecule has 2 nitrogen and oxygen atoms in total. The number of benzene rings is 1. The van der Waals surface area contributed by atoms with E-state index in [0.717, 1.165) is 0 Å². The van der Waals surface area contributed by atoms with E-state index in [2.05, 4.69) is 6.58 Å². The summed E-state index contributed by atoms with van der Waals surface area (Å²) in [4.78, 5) is 8.64. The third-order valence-electron chi connectivity index (χ3n) is 1.42. The summed E-state index contributed by atoms with van der Waals surface area (Å²) in [6.45, 7) is 3.31. The Morgan fingerprint density at radius 2 is 2.08 bits per heavy atom. The van der Waals surface area contributed by atoms with Gasteiger partial charge in [0.05, 0.1) is 5.56 Å². The van der Waals surface area contributed by atoms with Gasteiger partial charge in [-0.25, -0.2) is 4.39 Å². The van der Waals surface area contributed by atoms with E-state index >= 15 is 0 Å². The number of rotatable bonds is 2. The molecule has 1 unspecified atom stereocenters. The van der Waals surface area contributed by atoms with Crippen LogP contribution in [0.25, 0.3) is 5.31 Å². The molecular formula is C8H7FO2P+. The van der Waals surface area contributed by atoms with E-state index in [1.807, 2.05) is 0 Å². The Bertz CT molecular complexity index is 336. The lowest BCUT2D eigenvalue weighted by atomic mass is 10.2. The predicted octanol–water partition coefficient (Wildman–Crippen LogP) is 2.53. The standard InChI is InChI=1S/C8H6FO2P/c1-6(12(10)11)7-4-2-3-5-8(7)9/h2-5H,1H2/p+1. The summed E-state index contributed by atoms with van der Waals surface area (Å²) in [5.74, 6) is -0.528. The molecule has 1 N–H and O–H groups in total. The van der Waals surface area contributed by atoms with Gasteiger partial charge in [-0.1, -0.05) is 12.1 Å². The minimum absolute atomic E-state index is 0.0805. The highest BCUT2D eigenvalue weighted by molar-refractivity contribution is 7.50. The minimum atomic E-state index is -2.54. The van der Waals surface area contributed by atoms with Crippen LogP contribution in [0.5, 0.6) is 0 Å². The molecule has 1 aromatic carbocycles. The molecule has 0 aromatic heterocycles. The third-order valence-corrected chi connectivity index (χ3v) is 2.12. The molecule has 1 rings (SSSR count). The maximum Gasteiger partial charge on any atom is 0.546 e. The van der Waals surface area contributed by atoms with Crippen molar-refractivity contribution in [3.63, 3.8) is 0 Å². The van der Waals surface area contributed by atoms with Crippen molar-refractivity contribution in [2.75, 3.05) is 0 Å². The largest absolute Gasteiger partial charge is 0.546 e. The van der Waals surface area contributed by atoms with Gasteiger partial charge in [0, 0.05) is 0 Å². The molecule has 1 atom stereocenters. The van der Waals surface area contributed by atoms with E-state index in [9.17, 15) is 8.96 Å². The quantitative estimate of drug-likeness (QED) is 0.719. The molecule has 0 saturated carbocycles. The van der Waals surface area contributed by atoms with E-state index in [1.165, 1.54) is 18.2 Å². The van der Waals surface area contributed by atoms with Crippen LogP contribution in [0.4, 0.5) is 4.39 Å². The highest BCUT2D eigenvalue weighted by Crippen LogP contribution is 2.35. The zero-order valence-corrected chi connectivity index (χ0v) is 7.09. The first-order chi connectivity index (χ1) is 5.63. The van der Waals surface area contributed by atoms with Crippen molar-refractivity contribution in [1.82, 2.24) is 0 Å². The van der Waals surface area contributed by atoms with Gasteiger partial charge in [0.1, 0.15) is 5.82 Å². The highest BCUT2D eigenvalue weighted by Gasteiger charge is 2.22. The fourth-order valence-corrected chi connectivity index (χ4v) is 1.19. The van der Waals surface area contributed by atoms with E-state index in [1.54, 1.807) is 6.07 Å². The van der Waals surface area contributed by atoms with Crippen LogP contribution in [0.15, 0.2) is 30.8 Å². The average molecular weight is 185 g/mol. The smallest absolute Gasteiger partial charge is 0.206 e. The second kappa shape index (κ2) is 3.57. The molecule has 0 fully saturated rings. The van der Waals surface area contributed by atoms with Crippen molar-refractivity contribution >= 4 is 13.3 Å². The Morgan fingerprint density at radius 3 is 2.58 bits per heavy atom. The van der Waals surface area contributed by atoms with Gasteiger partial charge < -0.3 is 0 Å². The van der Waals surface area contributed by atoms with Crippen LogP contribution in [-0.4, -0.2) is 4.89 Å². The molecule has 0 aliphatic heterocycles. The van der Waals surface area contributed by atoms with Crippen molar-refractivity contribution in [1.29, 1.82) is 0 Å². The summed E-state index contributed by atoms with van der Waals surface area (Å²) in [7, 11) is -2.54. The molecular weight excluding hydrogens is 178 g/mol. The van der Waals surface area contributed by atoms with Gasteiger partial charge in [-0.3, -0.25) is 0 Å². The molecule has 0 radical (unpaired) electrons. The van der Waals surface area contributed by atoms with Crippen molar-refractivity contribution in [2.45, 2.75) is 0 Å². The second-order valence-corrected chi connectivity index (χ2v) is 3.29. The van der Waals surface area contributed by atoms with Gasteiger partial charge in [-0.05, 0) is 23.3 Å². The lowest BCUT2D eigenvalue weighted by Crippen LogP contribution is -1.83. The lowest BCUT2D eigenvalue weighted by molar-refractivity contribution is 0.513. The van der Waals surface area contributed by atoms with Gasteiger partial charge in [-0.15, -0.1) is 0 Å². The van der Waals surface area contributed by atoms with E-state index in [4.69, 9.17) is 4.89 Å². The number of hydrogen-bond donors (Lipinski definition) is 1. The van der Waals surface area contributed by atoms with Gasteiger partial charge >= 0.3 is 8.03 Å². The molecule has 0 bridgehead atoms. The average Bonchev–Trinajstić information content (AvgIpc) is 2.04. The first kappa shape index (κ1) is 9.04. The maximum atomic E-state index is 12.9. The van der Waals surface area contributed by atoms with Crippen LogP contribution < -0.4 is 0 Å². The van der Waals surface area contributed by atoms with Crippen LogP contribution in [0.2, 0.25) is 0 Å². The summed E-state index contributed by atoms with van der Waals surface area (Å²) < 4.78 is 23.4. The molecule has 4 heteroatoms. The van der Waals surface area contributed by atoms with Crippen molar-refractivity contribution in [3.8, 4) is 0 Å². The number of halogens is 1. The normalized spacial score (nSPS) is 11.0. The topological polar surface area (TPSA) is 37.3 Å². The summed E-state index contributed by atoms with van der Waals surface area (Å²) in [6, 6.07) is 5.74. The van der Waals surface area contributed by atoms with Crippen molar-refractivity contribution < 1.29 is 13.8 Å². The van der Waals surface area contributed by atoms with Gasteiger partial charge in [0.25, 0.3) is 0 Å². The minimum Gasteiger partial charge on any atom is -0.206 e. The Kier molecular flexibility index (Phi) is 2.69. The van der Waals surface area contributed by atoms with Crippen LogP contribution in [-0.2, 0) is 4.57 Å². The molecule has 62 valence electrons. The molecule has 0 heterocycles. The van der Waals surface area contributed by atoms with E-state index in [0.29, 0.717) is 0 Å². The van der Waals surface area contributed by atoms with Crippen molar-refractivity contribution in [2.24, 2.45) is 0 Å². The van der Waals surface area contributed by atoms with Gasteiger partial charge in [0.15, 0.2) is 0 Å². The van der Waals surface area contributed by atoms with Crippen LogP contribution >= 0.6 is 8.03 Å². The van der Waals surface area contributed by atoms with Gasteiger partial charge in [-0.2, -0.15) is 4.89 Å². The predicted molar refractivity (Wildman–Crippen MR) is 45.3 cm³/mol. The zero-order chi connectivity index (χ0) is 9.14. The first-order valence-corrected chi connectivity index (χ1v) is 4.44. The van der Waals surface area contributed by atoms with E-state index in [-0.39, 0.29) is 10.9 Å². The van der Waals surface area contributed by atoms with Crippen molar-refractivity contribution in [3.05, 3.63) is 42.2 Å². The fraction of sp³-hybridized carbons (Fsp3) is 0. The van der Waals surface area contributed by atoms with Crippen LogP contribution in [0.3, 0.4) is 0 Å². The monoisotopic (exact) mass is 185 g/mol. The molecule has 0 saturated heterocycles. The van der Waals surface area contributed by atoms with Gasteiger partial charge in [0.2, 0.25) is 5.31 Å². The third kappa shape index (κ3) is 1.76. The summed E-state index contributed by atoms with van der Waals surface area (Å²) in [6.07, 6.45) is 0. The molecule has 0 aliphatic rings. The maximum absolute atomic E-state index is 12.9. The Labute approximate surface area is 70.2 Å². The van der Waals surface area contributed by atoms with E-state index < -0.39 is 13.8 Å². The highest BCUT2D eigenvalue weighted by atomic mass is 31.1. The Morgan fingerprint density at radius 1 is 1.50 bits per heavy atom. The fourth-order valence-electron chi connectivity index (χ4n) is 0.798. The molecule has 12 heavy (non-hydrogen) atoms. The summed E-state index contributed by atoms with van der Waals surface area (Å²) in [5, 5.41) is -0.0805. The number of hydrogen-bond acceptors (Lipinski definition) is 1. The van der Waals surface area contributed by atoms with Crippen LogP contribution in [0.1, 0.15) is 5.56 Å². The zero-order valence-electron chi connectivity index (χ0n) is 6.20. The molecule has 0 amide bonds. The molecule has 1 aromatic rings. The second-order valence-electron chi connectivity index (χ2n) is 2.20. The first-order valence-electron chi connectivity index (χ1n) is 3.23.